The monoisotopic (exact) mass is 859 g/mol. The van der Waals surface area contributed by atoms with E-state index in [1.807, 2.05) is 111 Å². The Bertz CT molecular complexity index is 2820. The summed E-state index contributed by atoms with van der Waals surface area (Å²) in [6.07, 6.45) is 1.14. The number of nitriles is 1. The van der Waals surface area contributed by atoms with Crippen LogP contribution in [-0.2, 0) is 51.2 Å². The number of halogens is 1. The van der Waals surface area contributed by atoms with Gasteiger partial charge in [-0.15, -0.1) is 0 Å². The average molecular weight is 860 g/mol. The van der Waals surface area contributed by atoms with Gasteiger partial charge in [-0.2, -0.15) is 5.26 Å². The quantitative estimate of drug-likeness (QED) is 0.130. The molecule has 328 valence electrons. The van der Waals surface area contributed by atoms with Crippen LogP contribution < -0.4 is 9.64 Å². The summed E-state index contributed by atoms with van der Waals surface area (Å²) in [6, 6.07) is 32.0. The van der Waals surface area contributed by atoms with E-state index in [0.29, 0.717) is 95.5 Å². The number of carbonyl (C=O) groups is 3. The molecule has 0 bridgehead atoms. The first kappa shape index (κ1) is 43.7. The molecule has 3 amide bonds. The van der Waals surface area contributed by atoms with Crippen molar-refractivity contribution in [3.8, 4) is 23.1 Å². The van der Waals surface area contributed by atoms with Crippen LogP contribution in [0.2, 0.25) is 0 Å². The van der Waals surface area contributed by atoms with Crippen molar-refractivity contribution >= 4 is 29.1 Å². The van der Waals surface area contributed by atoms with Gasteiger partial charge in [0.15, 0.2) is 0 Å². The third-order valence-electron chi connectivity index (χ3n) is 13.0. The second kappa shape index (κ2) is 18.0. The fourth-order valence-corrected chi connectivity index (χ4v) is 8.95. The Hall–Kier alpha value is -6.97. The van der Waals surface area contributed by atoms with E-state index in [-0.39, 0.29) is 36.7 Å². The number of benzene rings is 4. The largest absolute Gasteiger partial charge is 0.492 e. The van der Waals surface area contributed by atoms with E-state index >= 15 is 9.18 Å². The minimum Gasteiger partial charge on any atom is -0.492 e. The van der Waals surface area contributed by atoms with E-state index < -0.39 is 5.82 Å². The molecule has 0 N–H and O–H groups in total. The normalized spacial score (nSPS) is 14.5. The first-order valence-corrected chi connectivity index (χ1v) is 21.7. The summed E-state index contributed by atoms with van der Waals surface area (Å²) in [7, 11) is 7.60. The highest BCUT2D eigenvalue weighted by atomic mass is 19.1. The van der Waals surface area contributed by atoms with Gasteiger partial charge in [-0.3, -0.25) is 19.3 Å². The van der Waals surface area contributed by atoms with Crippen molar-refractivity contribution in [3.63, 3.8) is 0 Å². The van der Waals surface area contributed by atoms with Crippen LogP contribution in [0.15, 0.2) is 97.1 Å². The SMILES string of the molecule is Cc1c(N(C(=O)c2cc(-c3cc4c(cc3C(=O)N3Cc5ccccc5C[C@H]3C)CN(C(=O)Cc3ccc(OCCN(C)C)cc3F)CC4)n(C)c2C)c2ccccc2)cc(C#N)n1C. The molecule has 0 saturated carbocycles. The number of likely N-dealkylation sites (N-methyl/N-ethyl adjacent to an activating group) is 1. The van der Waals surface area contributed by atoms with Gasteiger partial charge < -0.3 is 28.6 Å². The van der Waals surface area contributed by atoms with Gasteiger partial charge in [0.2, 0.25) is 5.91 Å². The van der Waals surface area contributed by atoms with Crippen LogP contribution in [0.4, 0.5) is 15.8 Å². The Morgan fingerprint density at radius 2 is 1.56 bits per heavy atom. The van der Waals surface area contributed by atoms with E-state index in [1.54, 1.807) is 32.6 Å². The number of anilines is 2. The Balaban J connectivity index is 1.16. The first-order chi connectivity index (χ1) is 30.7. The fourth-order valence-electron chi connectivity index (χ4n) is 8.95. The van der Waals surface area contributed by atoms with Crippen molar-refractivity contribution in [3.05, 3.63) is 159 Å². The molecule has 0 spiro atoms. The van der Waals surface area contributed by atoms with Gasteiger partial charge in [0.25, 0.3) is 11.8 Å². The Kier molecular flexibility index (Phi) is 12.3. The Morgan fingerprint density at radius 1 is 0.828 bits per heavy atom. The molecule has 0 aliphatic carbocycles. The summed E-state index contributed by atoms with van der Waals surface area (Å²) in [5.41, 5.74) is 9.98. The van der Waals surface area contributed by atoms with Crippen LogP contribution >= 0.6 is 0 Å². The number of carbonyl (C=O) groups excluding carboxylic acids is 3. The zero-order valence-electron chi connectivity index (χ0n) is 37.6. The lowest BCUT2D eigenvalue weighted by Crippen LogP contribution is -2.43. The second-order valence-corrected chi connectivity index (χ2v) is 17.3. The van der Waals surface area contributed by atoms with Crippen LogP contribution in [0.1, 0.15) is 72.5 Å². The lowest BCUT2D eigenvalue weighted by Gasteiger charge is -2.36. The third kappa shape index (κ3) is 8.43. The highest BCUT2D eigenvalue weighted by Gasteiger charge is 2.33. The predicted octanol–water partition coefficient (Wildman–Crippen LogP) is 8.29. The molecule has 2 aromatic heterocycles. The van der Waals surface area contributed by atoms with Gasteiger partial charge in [0, 0.05) is 86.3 Å². The second-order valence-electron chi connectivity index (χ2n) is 17.3. The summed E-state index contributed by atoms with van der Waals surface area (Å²) < 4.78 is 24.7. The van der Waals surface area contributed by atoms with Gasteiger partial charge in [-0.05, 0) is 118 Å². The summed E-state index contributed by atoms with van der Waals surface area (Å²) in [5.74, 6) is -0.686. The molecule has 2 aliphatic rings. The molecule has 0 fully saturated rings. The lowest BCUT2D eigenvalue weighted by molar-refractivity contribution is -0.131. The molecule has 2 aliphatic heterocycles. The number of hydrogen-bond donors (Lipinski definition) is 0. The number of ether oxygens (including phenoxy) is 1. The minimum absolute atomic E-state index is 0.0804. The Labute approximate surface area is 374 Å². The highest BCUT2D eigenvalue weighted by molar-refractivity contribution is 6.13. The van der Waals surface area contributed by atoms with E-state index in [0.717, 1.165) is 22.4 Å². The van der Waals surface area contributed by atoms with Crippen molar-refractivity contribution in [2.45, 2.75) is 59.2 Å². The van der Waals surface area contributed by atoms with E-state index in [9.17, 15) is 14.9 Å². The van der Waals surface area contributed by atoms with Crippen molar-refractivity contribution in [1.82, 2.24) is 23.8 Å². The Morgan fingerprint density at radius 3 is 2.27 bits per heavy atom. The summed E-state index contributed by atoms with van der Waals surface area (Å²) in [5, 5.41) is 9.90. The third-order valence-corrected chi connectivity index (χ3v) is 13.0. The maximum Gasteiger partial charge on any atom is 0.264 e. The van der Waals surface area contributed by atoms with E-state index in [4.69, 9.17) is 4.74 Å². The maximum absolute atomic E-state index is 15.3. The van der Waals surface area contributed by atoms with Crippen LogP contribution in [0, 0.1) is 31.0 Å². The molecule has 11 nitrogen and oxygen atoms in total. The molecule has 0 saturated heterocycles. The van der Waals surface area contributed by atoms with Crippen molar-refractivity contribution in [1.29, 1.82) is 5.26 Å². The number of rotatable bonds is 11. The van der Waals surface area contributed by atoms with Crippen molar-refractivity contribution in [2.24, 2.45) is 14.1 Å². The molecule has 12 heteroatoms. The fraction of sp³-hybridized carbons (Fsp3) is 0.308. The molecule has 1 atom stereocenters. The zero-order chi connectivity index (χ0) is 45.4. The van der Waals surface area contributed by atoms with Crippen molar-refractivity contribution < 1.29 is 23.5 Å². The molecular formula is C52H54FN7O4. The van der Waals surface area contributed by atoms with Crippen molar-refractivity contribution in [2.75, 3.05) is 38.7 Å². The summed E-state index contributed by atoms with van der Waals surface area (Å²) in [4.78, 5) is 51.2. The highest BCUT2D eigenvalue weighted by Crippen LogP contribution is 2.38. The molecule has 4 heterocycles. The maximum atomic E-state index is 15.3. The predicted molar refractivity (Wildman–Crippen MR) is 246 cm³/mol. The van der Waals surface area contributed by atoms with Gasteiger partial charge in [0.05, 0.1) is 17.7 Å². The van der Waals surface area contributed by atoms with Gasteiger partial charge in [-0.25, -0.2) is 4.39 Å². The van der Waals surface area contributed by atoms with E-state index in [1.165, 1.54) is 11.6 Å². The summed E-state index contributed by atoms with van der Waals surface area (Å²) in [6.45, 7) is 8.12. The number of hydrogen-bond acceptors (Lipinski definition) is 6. The lowest BCUT2D eigenvalue weighted by atomic mass is 9.89. The summed E-state index contributed by atoms with van der Waals surface area (Å²) >= 11 is 0. The smallest absolute Gasteiger partial charge is 0.264 e. The van der Waals surface area contributed by atoms with Gasteiger partial charge >= 0.3 is 0 Å². The van der Waals surface area contributed by atoms with Crippen LogP contribution in [0.3, 0.4) is 0 Å². The van der Waals surface area contributed by atoms with Crippen LogP contribution in [0.25, 0.3) is 11.3 Å². The molecule has 64 heavy (non-hydrogen) atoms. The number of amides is 3. The topological polar surface area (TPSA) is 107 Å². The number of aromatic nitrogens is 2. The standard InChI is InChI=1S/C52H54FN7O4/c1-33-23-36-13-11-12-14-39(36)32-59(33)51(62)46-25-40-31-58(50(61)26-38-17-18-43(28-47(38)53)64-22-21-55(4)5)20-19-37(40)24-45(46)49-29-44(34(2)57(49)7)52(63)60(41-15-9-8-10-16-41)48-27-42(30-54)56(6)35(48)3/h8-18,24-25,27-29,33H,19-23,26,31-32H2,1-7H3/t33-/m1/s1. The van der Waals surface area contributed by atoms with Crippen LogP contribution in [-0.4, -0.2) is 81.4 Å². The van der Waals surface area contributed by atoms with E-state index in [2.05, 4.69) is 31.2 Å². The zero-order valence-corrected chi connectivity index (χ0v) is 37.6. The first-order valence-electron chi connectivity index (χ1n) is 21.7. The number of fused-ring (bicyclic) bond motifs is 2. The molecule has 8 rings (SSSR count). The van der Waals surface area contributed by atoms with Gasteiger partial charge in [0.1, 0.15) is 29.9 Å². The number of nitrogens with zero attached hydrogens (tertiary/aromatic N) is 7. The molecule has 0 unspecified atom stereocenters. The minimum atomic E-state index is -0.490. The number of para-hydroxylation sites is 1. The van der Waals surface area contributed by atoms with Gasteiger partial charge in [-0.1, -0.05) is 48.5 Å². The molecule has 6 aromatic rings. The van der Waals surface area contributed by atoms with Crippen LogP contribution in [0.5, 0.6) is 5.75 Å². The molecule has 0 radical (unpaired) electrons. The molecule has 4 aromatic carbocycles. The molecular weight excluding hydrogens is 806 g/mol. The average Bonchev–Trinajstić information content (AvgIpc) is 3.75.